The molecule has 0 aliphatic carbocycles. The van der Waals surface area contributed by atoms with Crippen LogP contribution >= 0.6 is 0 Å². The standard InChI is InChI=1S/C14H23N3O2S/c1-12-5-3-4-6-13(12)14(15)11-16-7-9-17(10-8-16)20(2,18)19/h3-6,14H,7-11,15H2,1-2H3. The number of hydrogen-bond acceptors (Lipinski definition) is 4. The Morgan fingerprint density at radius 2 is 1.80 bits per heavy atom. The number of sulfonamides is 1. The molecule has 0 radical (unpaired) electrons. The molecule has 2 N–H and O–H groups in total. The molecule has 1 heterocycles. The van der Waals surface area contributed by atoms with E-state index in [0.29, 0.717) is 13.1 Å². The van der Waals surface area contributed by atoms with Crippen LogP contribution in [0.5, 0.6) is 0 Å². The van der Waals surface area contributed by atoms with E-state index in [1.165, 1.54) is 16.1 Å². The van der Waals surface area contributed by atoms with Crippen molar-refractivity contribution in [3.05, 3.63) is 35.4 Å². The van der Waals surface area contributed by atoms with Gasteiger partial charge < -0.3 is 5.73 Å². The van der Waals surface area contributed by atoms with Crippen LogP contribution in [0.15, 0.2) is 24.3 Å². The first-order valence-corrected chi connectivity index (χ1v) is 8.71. The molecule has 112 valence electrons. The second-order valence-corrected chi connectivity index (χ2v) is 7.41. The van der Waals surface area contributed by atoms with Gasteiger partial charge in [0.15, 0.2) is 0 Å². The molecule has 1 atom stereocenters. The second-order valence-electron chi connectivity index (χ2n) is 5.43. The molecule has 1 unspecified atom stereocenters. The predicted octanol–water partition coefficient (Wildman–Crippen LogP) is 0.572. The van der Waals surface area contributed by atoms with E-state index >= 15 is 0 Å². The van der Waals surface area contributed by atoms with Crippen molar-refractivity contribution in [3.63, 3.8) is 0 Å². The van der Waals surface area contributed by atoms with Crippen LogP contribution in [0.25, 0.3) is 0 Å². The van der Waals surface area contributed by atoms with Crippen molar-refractivity contribution >= 4 is 10.0 Å². The van der Waals surface area contributed by atoms with E-state index in [4.69, 9.17) is 5.73 Å². The van der Waals surface area contributed by atoms with Crippen LogP contribution in [-0.2, 0) is 10.0 Å². The Kier molecular flexibility index (Phi) is 4.80. The Bertz CT molecular complexity index is 551. The topological polar surface area (TPSA) is 66.6 Å². The zero-order chi connectivity index (χ0) is 14.8. The molecular formula is C14H23N3O2S. The third-order valence-corrected chi connectivity index (χ3v) is 5.15. The Balaban J connectivity index is 1.91. The summed E-state index contributed by atoms with van der Waals surface area (Å²) in [5.41, 5.74) is 8.64. The van der Waals surface area contributed by atoms with Crippen molar-refractivity contribution in [2.45, 2.75) is 13.0 Å². The SMILES string of the molecule is Cc1ccccc1C(N)CN1CCN(S(C)(=O)=O)CC1. The van der Waals surface area contributed by atoms with E-state index < -0.39 is 10.0 Å². The first-order valence-electron chi connectivity index (χ1n) is 6.86. The summed E-state index contributed by atoms with van der Waals surface area (Å²) >= 11 is 0. The van der Waals surface area contributed by atoms with Crippen molar-refractivity contribution in [1.82, 2.24) is 9.21 Å². The number of aryl methyl sites for hydroxylation is 1. The predicted molar refractivity (Wildman–Crippen MR) is 81.0 cm³/mol. The largest absolute Gasteiger partial charge is 0.323 e. The van der Waals surface area contributed by atoms with E-state index in [1.807, 2.05) is 12.1 Å². The number of hydrogen-bond donors (Lipinski definition) is 1. The third kappa shape index (κ3) is 3.79. The molecule has 20 heavy (non-hydrogen) atoms. The lowest BCUT2D eigenvalue weighted by atomic mass is 10.0. The molecule has 1 aromatic rings. The van der Waals surface area contributed by atoms with Crippen LogP contribution in [0.3, 0.4) is 0 Å². The summed E-state index contributed by atoms with van der Waals surface area (Å²) in [4.78, 5) is 2.23. The van der Waals surface area contributed by atoms with E-state index in [0.717, 1.165) is 25.2 Å². The van der Waals surface area contributed by atoms with Gasteiger partial charge in [0.25, 0.3) is 0 Å². The quantitative estimate of drug-likeness (QED) is 0.882. The summed E-state index contributed by atoms with van der Waals surface area (Å²) < 4.78 is 24.5. The van der Waals surface area contributed by atoms with Crippen LogP contribution in [0.2, 0.25) is 0 Å². The lowest BCUT2D eigenvalue weighted by Crippen LogP contribution is -2.49. The summed E-state index contributed by atoms with van der Waals surface area (Å²) in [5.74, 6) is 0. The van der Waals surface area contributed by atoms with Gasteiger partial charge in [0.2, 0.25) is 10.0 Å². The highest BCUT2D eigenvalue weighted by molar-refractivity contribution is 7.88. The van der Waals surface area contributed by atoms with Crippen LogP contribution in [-0.4, -0.2) is 56.6 Å². The number of nitrogens with two attached hydrogens (primary N) is 1. The van der Waals surface area contributed by atoms with Crippen LogP contribution in [0, 0.1) is 6.92 Å². The van der Waals surface area contributed by atoms with Crippen LogP contribution in [0.1, 0.15) is 17.2 Å². The van der Waals surface area contributed by atoms with Gasteiger partial charge in [-0.15, -0.1) is 0 Å². The lowest BCUT2D eigenvalue weighted by molar-refractivity contribution is 0.180. The van der Waals surface area contributed by atoms with Crippen LogP contribution in [0.4, 0.5) is 0 Å². The third-order valence-electron chi connectivity index (χ3n) is 3.84. The van der Waals surface area contributed by atoms with Crippen molar-refractivity contribution in [1.29, 1.82) is 0 Å². The molecule has 1 saturated heterocycles. The molecule has 5 nitrogen and oxygen atoms in total. The average molecular weight is 297 g/mol. The fourth-order valence-electron chi connectivity index (χ4n) is 2.62. The maximum Gasteiger partial charge on any atom is 0.211 e. The smallest absolute Gasteiger partial charge is 0.211 e. The van der Waals surface area contributed by atoms with Gasteiger partial charge in [0, 0.05) is 38.8 Å². The lowest BCUT2D eigenvalue weighted by Gasteiger charge is -2.34. The summed E-state index contributed by atoms with van der Waals surface area (Å²) in [5, 5.41) is 0. The fourth-order valence-corrected chi connectivity index (χ4v) is 3.45. The van der Waals surface area contributed by atoms with Gasteiger partial charge in [-0.05, 0) is 18.1 Å². The highest BCUT2D eigenvalue weighted by Gasteiger charge is 2.24. The van der Waals surface area contributed by atoms with E-state index in [2.05, 4.69) is 24.0 Å². The Hall–Kier alpha value is -0.950. The molecule has 1 fully saturated rings. The van der Waals surface area contributed by atoms with Crippen molar-refractivity contribution in [2.75, 3.05) is 39.0 Å². The van der Waals surface area contributed by atoms with E-state index in [9.17, 15) is 8.42 Å². The van der Waals surface area contributed by atoms with Gasteiger partial charge in [-0.25, -0.2) is 8.42 Å². The molecule has 1 aliphatic rings. The van der Waals surface area contributed by atoms with Crippen molar-refractivity contribution < 1.29 is 8.42 Å². The van der Waals surface area contributed by atoms with Gasteiger partial charge in [-0.3, -0.25) is 4.90 Å². The van der Waals surface area contributed by atoms with Gasteiger partial charge in [-0.1, -0.05) is 24.3 Å². The maximum absolute atomic E-state index is 11.5. The molecule has 0 bridgehead atoms. The summed E-state index contributed by atoms with van der Waals surface area (Å²) in [6.07, 6.45) is 1.27. The number of piperazine rings is 1. The van der Waals surface area contributed by atoms with Crippen molar-refractivity contribution in [3.8, 4) is 0 Å². The monoisotopic (exact) mass is 297 g/mol. The number of benzene rings is 1. The Labute approximate surface area is 121 Å². The normalized spacial score (nSPS) is 19.9. The Morgan fingerprint density at radius 3 is 2.35 bits per heavy atom. The summed E-state index contributed by atoms with van der Waals surface area (Å²) in [6, 6.07) is 8.12. The van der Waals surface area contributed by atoms with Gasteiger partial charge in [-0.2, -0.15) is 4.31 Å². The first kappa shape index (κ1) is 15.4. The molecule has 6 heteroatoms. The van der Waals surface area contributed by atoms with Crippen LogP contribution < -0.4 is 5.73 Å². The molecular weight excluding hydrogens is 274 g/mol. The zero-order valence-corrected chi connectivity index (χ0v) is 12.9. The zero-order valence-electron chi connectivity index (χ0n) is 12.1. The molecule has 1 aliphatic heterocycles. The summed E-state index contributed by atoms with van der Waals surface area (Å²) in [7, 11) is -3.06. The maximum atomic E-state index is 11.5. The Morgan fingerprint density at radius 1 is 1.20 bits per heavy atom. The molecule has 1 aromatic carbocycles. The number of rotatable bonds is 4. The van der Waals surface area contributed by atoms with Crippen molar-refractivity contribution in [2.24, 2.45) is 5.73 Å². The first-order chi connectivity index (χ1) is 9.38. The molecule has 0 saturated carbocycles. The minimum absolute atomic E-state index is 0.0269. The fraction of sp³-hybridized carbons (Fsp3) is 0.571. The minimum Gasteiger partial charge on any atom is -0.323 e. The van der Waals surface area contributed by atoms with Gasteiger partial charge >= 0.3 is 0 Å². The minimum atomic E-state index is -3.06. The second kappa shape index (κ2) is 6.22. The molecule has 0 amide bonds. The number of nitrogens with zero attached hydrogens (tertiary/aromatic N) is 2. The highest BCUT2D eigenvalue weighted by Crippen LogP contribution is 2.17. The molecule has 0 aromatic heterocycles. The van der Waals surface area contributed by atoms with E-state index in [-0.39, 0.29) is 6.04 Å². The van der Waals surface area contributed by atoms with Gasteiger partial charge in [0.05, 0.1) is 6.26 Å². The molecule has 0 spiro atoms. The van der Waals surface area contributed by atoms with E-state index in [1.54, 1.807) is 0 Å². The highest BCUT2D eigenvalue weighted by atomic mass is 32.2. The average Bonchev–Trinajstić information content (AvgIpc) is 2.38. The summed E-state index contributed by atoms with van der Waals surface area (Å²) in [6.45, 7) is 5.43. The molecule has 2 rings (SSSR count). The van der Waals surface area contributed by atoms with Gasteiger partial charge in [0.1, 0.15) is 0 Å².